The second kappa shape index (κ2) is 21.6. The van der Waals surface area contributed by atoms with Gasteiger partial charge in [-0.05, 0) is 69.1 Å². The van der Waals surface area contributed by atoms with Gasteiger partial charge in [-0.1, -0.05) is 31.2 Å². The van der Waals surface area contributed by atoms with Crippen molar-refractivity contribution >= 4 is 24.2 Å². The predicted octanol–water partition coefficient (Wildman–Crippen LogP) is 5.32. The first-order chi connectivity index (χ1) is 18.5. The van der Waals surface area contributed by atoms with Crippen LogP contribution in [-0.4, -0.2) is 65.2 Å². The van der Waals surface area contributed by atoms with Gasteiger partial charge in [-0.25, -0.2) is 4.39 Å². The lowest BCUT2D eigenvalue weighted by Gasteiger charge is -2.25. The first-order valence-corrected chi connectivity index (χ1v) is 13.1. The number of allylic oxidation sites excluding steroid dienone is 1. The van der Waals surface area contributed by atoms with Crippen molar-refractivity contribution in [2.75, 3.05) is 19.6 Å². The van der Waals surface area contributed by atoms with Gasteiger partial charge >= 0.3 is 5.97 Å². The normalized spacial score (nSPS) is 14.3. The van der Waals surface area contributed by atoms with Crippen molar-refractivity contribution in [1.29, 1.82) is 0 Å². The summed E-state index contributed by atoms with van der Waals surface area (Å²) < 4.78 is 12.4. The average Bonchev–Trinajstić information content (AvgIpc) is 2.92. The lowest BCUT2D eigenvalue weighted by atomic mass is 10.2. The molecule has 0 bridgehead atoms. The molecule has 2 rings (SSSR count). The number of unbranched alkanes of at least 4 members (excludes halogenated alkanes) is 2. The SMILES string of the molecule is C/C=C/N=Cc1ccc(F)cc1.CCN(CCCC1=NCC=CN1)C(O)C/C=C/N=CCCCCC(=O)O. The molecule has 0 fully saturated rings. The molecule has 8 nitrogen and oxygen atoms in total. The van der Waals surface area contributed by atoms with Crippen molar-refractivity contribution in [2.45, 2.75) is 65.0 Å². The minimum absolute atomic E-state index is 0.211. The number of aliphatic imine (C=N–C) groups is 3. The second-order valence-electron chi connectivity index (χ2n) is 8.45. The Hall–Kier alpha value is -3.43. The van der Waals surface area contributed by atoms with E-state index in [0.29, 0.717) is 12.8 Å². The molecule has 1 heterocycles. The zero-order valence-electron chi connectivity index (χ0n) is 22.5. The van der Waals surface area contributed by atoms with Crippen LogP contribution in [0.25, 0.3) is 0 Å². The van der Waals surface area contributed by atoms with Gasteiger partial charge in [0.1, 0.15) is 17.9 Å². The Bertz CT molecular complexity index is 955. The molecule has 3 N–H and O–H groups in total. The molecule has 1 aromatic rings. The number of carboxylic acid groups (broad SMARTS) is 1. The Morgan fingerprint density at radius 2 is 2.00 bits per heavy atom. The van der Waals surface area contributed by atoms with Crippen molar-refractivity contribution in [1.82, 2.24) is 10.2 Å². The molecule has 208 valence electrons. The number of benzene rings is 1. The molecule has 1 aliphatic rings. The minimum Gasteiger partial charge on any atom is -0.481 e. The van der Waals surface area contributed by atoms with Crippen molar-refractivity contribution < 1.29 is 19.4 Å². The number of amidine groups is 1. The molecule has 0 saturated heterocycles. The van der Waals surface area contributed by atoms with Crippen molar-refractivity contribution in [2.24, 2.45) is 15.0 Å². The van der Waals surface area contributed by atoms with E-state index in [9.17, 15) is 14.3 Å². The monoisotopic (exact) mass is 527 g/mol. The van der Waals surface area contributed by atoms with Crippen LogP contribution in [0.1, 0.15) is 64.4 Å². The summed E-state index contributed by atoms with van der Waals surface area (Å²) in [6, 6.07) is 6.19. The Balaban J connectivity index is 0.000000499. The van der Waals surface area contributed by atoms with Crippen molar-refractivity contribution in [3.8, 4) is 0 Å². The summed E-state index contributed by atoms with van der Waals surface area (Å²) >= 11 is 0. The topological polar surface area (TPSA) is 110 Å². The zero-order chi connectivity index (χ0) is 27.8. The summed E-state index contributed by atoms with van der Waals surface area (Å²) in [5, 5.41) is 22.0. The number of hydrogen-bond acceptors (Lipinski definition) is 7. The van der Waals surface area contributed by atoms with Crippen LogP contribution in [0.2, 0.25) is 0 Å². The third kappa shape index (κ3) is 17.1. The first-order valence-electron chi connectivity index (χ1n) is 13.1. The van der Waals surface area contributed by atoms with E-state index in [2.05, 4.69) is 20.3 Å². The fourth-order valence-electron chi connectivity index (χ4n) is 3.34. The quantitative estimate of drug-likeness (QED) is 0.153. The summed E-state index contributed by atoms with van der Waals surface area (Å²) in [6.45, 7) is 6.29. The highest BCUT2D eigenvalue weighted by atomic mass is 19.1. The molecule has 0 amide bonds. The molecule has 1 aliphatic heterocycles. The largest absolute Gasteiger partial charge is 0.481 e. The number of carboxylic acids is 1. The summed E-state index contributed by atoms with van der Waals surface area (Å²) in [7, 11) is 0. The van der Waals surface area contributed by atoms with Gasteiger partial charge < -0.3 is 15.5 Å². The van der Waals surface area contributed by atoms with E-state index in [4.69, 9.17) is 5.11 Å². The van der Waals surface area contributed by atoms with Crippen LogP contribution in [0.5, 0.6) is 0 Å². The summed E-state index contributed by atoms with van der Waals surface area (Å²) in [6.07, 6.45) is 18.8. The van der Waals surface area contributed by atoms with Gasteiger partial charge in [0.2, 0.25) is 0 Å². The van der Waals surface area contributed by atoms with Gasteiger partial charge in [0.15, 0.2) is 0 Å². The third-order valence-corrected chi connectivity index (χ3v) is 5.39. The zero-order valence-corrected chi connectivity index (χ0v) is 22.5. The molecule has 1 aromatic carbocycles. The van der Waals surface area contributed by atoms with E-state index in [-0.39, 0.29) is 12.2 Å². The first kappa shape index (κ1) is 32.6. The summed E-state index contributed by atoms with van der Waals surface area (Å²) in [5.41, 5.74) is 0.898. The molecule has 38 heavy (non-hydrogen) atoms. The van der Waals surface area contributed by atoms with Gasteiger partial charge in [-0.3, -0.25) is 24.7 Å². The number of aliphatic carboxylic acids is 1. The highest BCUT2D eigenvalue weighted by Gasteiger charge is 2.12. The number of rotatable bonds is 16. The second-order valence-corrected chi connectivity index (χ2v) is 8.45. The van der Waals surface area contributed by atoms with E-state index in [1.165, 1.54) is 12.1 Å². The minimum atomic E-state index is -0.754. The fourth-order valence-corrected chi connectivity index (χ4v) is 3.34. The molecule has 0 aliphatic carbocycles. The Morgan fingerprint density at radius 3 is 2.66 bits per heavy atom. The van der Waals surface area contributed by atoms with Gasteiger partial charge in [-0.2, -0.15) is 0 Å². The van der Waals surface area contributed by atoms with E-state index in [1.807, 2.05) is 43.2 Å². The highest BCUT2D eigenvalue weighted by Crippen LogP contribution is 2.06. The average molecular weight is 528 g/mol. The lowest BCUT2D eigenvalue weighted by Crippen LogP contribution is -2.36. The number of halogens is 1. The molecule has 0 spiro atoms. The molecule has 0 aromatic heterocycles. The maximum absolute atomic E-state index is 12.4. The third-order valence-electron chi connectivity index (χ3n) is 5.39. The summed E-state index contributed by atoms with van der Waals surface area (Å²) in [5.74, 6) is 0.0324. The molecule has 0 saturated carbocycles. The van der Waals surface area contributed by atoms with Crippen LogP contribution in [0.4, 0.5) is 4.39 Å². The fraction of sp³-hybridized carbons (Fsp3) is 0.448. The number of aliphatic hydroxyl groups excluding tert-OH is 1. The van der Waals surface area contributed by atoms with E-state index in [0.717, 1.165) is 56.7 Å². The van der Waals surface area contributed by atoms with Crippen LogP contribution in [0, 0.1) is 5.82 Å². The van der Waals surface area contributed by atoms with Crippen LogP contribution in [-0.2, 0) is 4.79 Å². The maximum atomic E-state index is 12.4. The lowest BCUT2D eigenvalue weighted by molar-refractivity contribution is -0.137. The molecule has 1 unspecified atom stereocenters. The molecular formula is C29H42FN5O3. The number of carbonyl (C=O) groups is 1. The Kier molecular flexibility index (Phi) is 18.6. The van der Waals surface area contributed by atoms with Gasteiger partial charge in [0.25, 0.3) is 0 Å². The van der Waals surface area contributed by atoms with Crippen LogP contribution >= 0.6 is 0 Å². The summed E-state index contributed by atoms with van der Waals surface area (Å²) in [4.78, 5) is 24.9. The number of nitrogens with zero attached hydrogens (tertiary/aromatic N) is 4. The van der Waals surface area contributed by atoms with Gasteiger partial charge in [-0.15, -0.1) is 0 Å². The highest BCUT2D eigenvalue weighted by molar-refractivity contribution is 5.83. The molecular weight excluding hydrogens is 485 g/mol. The number of aliphatic hydroxyl groups is 1. The van der Waals surface area contributed by atoms with E-state index in [1.54, 1.807) is 37.0 Å². The van der Waals surface area contributed by atoms with Crippen molar-refractivity contribution in [3.63, 3.8) is 0 Å². The van der Waals surface area contributed by atoms with Crippen LogP contribution < -0.4 is 5.32 Å². The number of nitrogens with one attached hydrogen (secondary N) is 1. The Labute approximate surface area is 226 Å². The van der Waals surface area contributed by atoms with E-state index < -0.39 is 12.2 Å². The van der Waals surface area contributed by atoms with Crippen LogP contribution in [0.3, 0.4) is 0 Å². The predicted molar refractivity (Wildman–Crippen MR) is 154 cm³/mol. The molecule has 1 atom stereocenters. The van der Waals surface area contributed by atoms with Gasteiger partial charge in [0, 0.05) is 50.6 Å². The maximum Gasteiger partial charge on any atom is 0.303 e. The number of hydrogen-bond donors (Lipinski definition) is 3. The molecule has 9 heteroatoms. The van der Waals surface area contributed by atoms with Gasteiger partial charge in [0.05, 0.1) is 6.54 Å². The molecule has 0 radical (unpaired) electrons. The standard InChI is InChI=1S/C19H32N4O3.C10H10FN/c1-2-23(16-7-9-17-21-14-8-15-22-17)18(24)10-6-13-20-12-5-3-4-11-19(25)26;1-2-7-12-8-9-3-5-10(11)6-4-9/h6,8,12-14,18,24H,2-5,7,9-11,15-16H2,1H3,(H,21,22)(H,25,26);2-8H,1H3/b13-6+,20-12?;7-2+,12-8?. The smallest absolute Gasteiger partial charge is 0.303 e. The van der Waals surface area contributed by atoms with Crippen molar-refractivity contribution in [3.05, 3.63) is 72.5 Å². The van der Waals surface area contributed by atoms with E-state index >= 15 is 0 Å². The Morgan fingerprint density at radius 1 is 1.21 bits per heavy atom. The van der Waals surface area contributed by atoms with Crippen LogP contribution in [0.15, 0.2) is 76.1 Å².